The first-order chi connectivity index (χ1) is 6.00. The fraction of sp³-hybridized carbons (Fsp3) is 0.250. The Morgan fingerprint density at radius 1 is 1.77 bits per heavy atom. The van der Waals surface area contributed by atoms with Crippen molar-refractivity contribution in [3.63, 3.8) is 0 Å². The van der Waals surface area contributed by atoms with Crippen LogP contribution >= 0.6 is 23.2 Å². The molecule has 0 aliphatic carbocycles. The second-order valence-corrected chi connectivity index (χ2v) is 3.49. The molecule has 0 radical (unpaired) electrons. The standard InChI is InChI=1S/C8H8Cl2N2O/c1-5(9)4-12-6(2)11-7(10)3-8(12)13/h3H,1,4H2,2H3. The smallest absolute Gasteiger partial charge is 0.255 e. The van der Waals surface area contributed by atoms with Crippen LogP contribution in [0.4, 0.5) is 0 Å². The number of rotatable bonds is 2. The lowest BCUT2D eigenvalue weighted by atomic mass is 10.5. The third-order valence-corrected chi connectivity index (χ3v) is 1.81. The van der Waals surface area contributed by atoms with Crippen LogP contribution in [-0.2, 0) is 6.54 Å². The fourth-order valence-corrected chi connectivity index (χ4v) is 1.29. The largest absolute Gasteiger partial charge is 0.291 e. The fourth-order valence-electron chi connectivity index (χ4n) is 0.950. The molecule has 5 heteroatoms. The van der Waals surface area contributed by atoms with Crippen molar-refractivity contribution >= 4 is 23.2 Å². The molecule has 0 bridgehead atoms. The lowest BCUT2D eigenvalue weighted by molar-refractivity contribution is 0.709. The molecule has 13 heavy (non-hydrogen) atoms. The van der Waals surface area contributed by atoms with Crippen LogP contribution in [0.15, 0.2) is 22.5 Å². The van der Waals surface area contributed by atoms with Gasteiger partial charge in [0.15, 0.2) is 0 Å². The summed E-state index contributed by atoms with van der Waals surface area (Å²) in [6.07, 6.45) is 0. The van der Waals surface area contributed by atoms with Crippen molar-refractivity contribution in [2.75, 3.05) is 0 Å². The van der Waals surface area contributed by atoms with Gasteiger partial charge in [-0.1, -0.05) is 29.8 Å². The SMILES string of the molecule is C=C(Cl)Cn1c(C)nc(Cl)cc1=O. The van der Waals surface area contributed by atoms with Crippen molar-refractivity contribution in [2.45, 2.75) is 13.5 Å². The van der Waals surface area contributed by atoms with E-state index in [1.54, 1.807) is 6.92 Å². The zero-order chi connectivity index (χ0) is 10.0. The maximum atomic E-state index is 11.3. The first-order valence-electron chi connectivity index (χ1n) is 3.58. The minimum Gasteiger partial charge on any atom is -0.291 e. The molecule has 1 rings (SSSR count). The minimum atomic E-state index is -0.223. The molecule has 70 valence electrons. The third kappa shape index (κ3) is 2.57. The second kappa shape index (κ2) is 3.94. The molecule has 0 atom stereocenters. The molecule has 0 fully saturated rings. The van der Waals surface area contributed by atoms with Gasteiger partial charge in [0.1, 0.15) is 11.0 Å². The van der Waals surface area contributed by atoms with Gasteiger partial charge in [0.2, 0.25) is 0 Å². The Balaban J connectivity index is 3.21. The van der Waals surface area contributed by atoms with Gasteiger partial charge in [0.05, 0.1) is 6.54 Å². The van der Waals surface area contributed by atoms with Crippen molar-refractivity contribution in [3.05, 3.63) is 39.0 Å². The summed E-state index contributed by atoms with van der Waals surface area (Å²) < 4.78 is 1.40. The zero-order valence-electron chi connectivity index (χ0n) is 7.05. The predicted octanol–water partition coefficient (Wildman–Crippen LogP) is 1.96. The highest BCUT2D eigenvalue weighted by Crippen LogP contribution is 2.05. The molecule has 0 saturated carbocycles. The van der Waals surface area contributed by atoms with Crippen LogP contribution < -0.4 is 5.56 Å². The highest BCUT2D eigenvalue weighted by molar-refractivity contribution is 6.29. The Morgan fingerprint density at radius 2 is 2.38 bits per heavy atom. The Labute approximate surface area is 85.6 Å². The maximum Gasteiger partial charge on any atom is 0.255 e. The first kappa shape index (κ1) is 10.3. The van der Waals surface area contributed by atoms with Gasteiger partial charge in [-0.25, -0.2) is 4.98 Å². The zero-order valence-corrected chi connectivity index (χ0v) is 8.56. The van der Waals surface area contributed by atoms with Crippen LogP contribution in [0.5, 0.6) is 0 Å². The number of aromatic nitrogens is 2. The number of hydrogen-bond donors (Lipinski definition) is 0. The van der Waals surface area contributed by atoms with Crippen molar-refractivity contribution < 1.29 is 0 Å². The summed E-state index contributed by atoms with van der Waals surface area (Å²) in [4.78, 5) is 15.3. The summed E-state index contributed by atoms with van der Waals surface area (Å²) in [5.41, 5.74) is -0.223. The van der Waals surface area contributed by atoms with Gasteiger partial charge in [-0.3, -0.25) is 9.36 Å². The van der Waals surface area contributed by atoms with Gasteiger partial charge in [-0.2, -0.15) is 0 Å². The summed E-state index contributed by atoms with van der Waals surface area (Å²) in [6.45, 7) is 5.45. The maximum absolute atomic E-state index is 11.3. The van der Waals surface area contributed by atoms with Crippen LogP contribution in [0, 0.1) is 6.92 Å². The third-order valence-electron chi connectivity index (χ3n) is 1.50. The van der Waals surface area contributed by atoms with E-state index in [1.807, 2.05) is 0 Å². The molecule has 1 aromatic heterocycles. The molecule has 0 spiro atoms. The molecule has 1 heterocycles. The lowest BCUT2D eigenvalue weighted by Gasteiger charge is -2.06. The molecule has 0 aromatic carbocycles. The predicted molar refractivity (Wildman–Crippen MR) is 53.2 cm³/mol. The van der Waals surface area contributed by atoms with Gasteiger partial charge >= 0.3 is 0 Å². The van der Waals surface area contributed by atoms with Crippen molar-refractivity contribution in [1.29, 1.82) is 0 Å². The van der Waals surface area contributed by atoms with E-state index in [9.17, 15) is 4.79 Å². The van der Waals surface area contributed by atoms with Crippen LogP contribution in [0.3, 0.4) is 0 Å². The van der Waals surface area contributed by atoms with E-state index in [0.717, 1.165) is 0 Å². The van der Waals surface area contributed by atoms with E-state index in [-0.39, 0.29) is 17.3 Å². The van der Waals surface area contributed by atoms with E-state index in [1.165, 1.54) is 10.6 Å². The Morgan fingerprint density at radius 3 is 2.85 bits per heavy atom. The Bertz CT molecular complexity index is 398. The van der Waals surface area contributed by atoms with Crippen molar-refractivity contribution in [3.8, 4) is 0 Å². The number of nitrogens with zero attached hydrogens (tertiary/aromatic N) is 2. The summed E-state index contributed by atoms with van der Waals surface area (Å²) in [7, 11) is 0. The molecule has 0 unspecified atom stereocenters. The topological polar surface area (TPSA) is 34.9 Å². The summed E-state index contributed by atoms with van der Waals surface area (Å²) in [6, 6.07) is 1.24. The number of hydrogen-bond acceptors (Lipinski definition) is 2. The van der Waals surface area contributed by atoms with E-state index in [4.69, 9.17) is 23.2 Å². The molecule has 0 aliphatic rings. The Hall–Kier alpha value is -0.800. The normalized spacial score (nSPS) is 10.1. The molecule has 0 N–H and O–H groups in total. The monoisotopic (exact) mass is 218 g/mol. The summed E-state index contributed by atoms with van der Waals surface area (Å²) in [5, 5.41) is 0.577. The highest BCUT2D eigenvalue weighted by atomic mass is 35.5. The second-order valence-electron chi connectivity index (χ2n) is 2.57. The van der Waals surface area contributed by atoms with Crippen molar-refractivity contribution in [2.24, 2.45) is 0 Å². The molecule has 0 amide bonds. The van der Waals surface area contributed by atoms with Gasteiger partial charge < -0.3 is 0 Å². The summed E-state index contributed by atoms with van der Waals surface area (Å²) in [5.74, 6) is 0.527. The molecule has 3 nitrogen and oxygen atoms in total. The van der Waals surface area contributed by atoms with Crippen LogP contribution in [0.2, 0.25) is 5.15 Å². The van der Waals surface area contributed by atoms with Crippen LogP contribution in [-0.4, -0.2) is 9.55 Å². The van der Waals surface area contributed by atoms with E-state index >= 15 is 0 Å². The summed E-state index contributed by atoms with van der Waals surface area (Å²) >= 11 is 11.2. The molecule has 0 saturated heterocycles. The van der Waals surface area contributed by atoms with Crippen molar-refractivity contribution in [1.82, 2.24) is 9.55 Å². The van der Waals surface area contributed by atoms with Crippen LogP contribution in [0.25, 0.3) is 0 Å². The molecular weight excluding hydrogens is 211 g/mol. The van der Waals surface area contributed by atoms with Gasteiger partial charge in [0, 0.05) is 11.1 Å². The van der Waals surface area contributed by atoms with Gasteiger partial charge in [0.25, 0.3) is 5.56 Å². The molecule has 0 aliphatic heterocycles. The average Bonchev–Trinajstić information content (AvgIpc) is 1.96. The molecular formula is C8H8Cl2N2O. The highest BCUT2D eigenvalue weighted by Gasteiger charge is 2.03. The Kier molecular flexibility index (Phi) is 3.12. The van der Waals surface area contributed by atoms with E-state index in [2.05, 4.69) is 11.6 Å². The number of aryl methyl sites for hydroxylation is 1. The minimum absolute atomic E-state index is 0.193. The number of allylic oxidation sites excluding steroid dienone is 1. The molecule has 1 aromatic rings. The van der Waals surface area contributed by atoms with Gasteiger partial charge in [-0.15, -0.1) is 0 Å². The first-order valence-corrected chi connectivity index (χ1v) is 4.33. The number of halogens is 2. The van der Waals surface area contributed by atoms with Gasteiger partial charge in [-0.05, 0) is 6.92 Å². The van der Waals surface area contributed by atoms with E-state index in [0.29, 0.717) is 10.9 Å². The average molecular weight is 219 g/mol. The quantitative estimate of drug-likeness (QED) is 0.712. The van der Waals surface area contributed by atoms with E-state index < -0.39 is 0 Å². The van der Waals surface area contributed by atoms with Crippen LogP contribution in [0.1, 0.15) is 5.82 Å². The lowest BCUT2D eigenvalue weighted by Crippen LogP contribution is -2.22.